The smallest absolute Gasteiger partial charge is 0.347 e. The summed E-state index contributed by atoms with van der Waals surface area (Å²) < 4.78 is 10.5. The Morgan fingerprint density at radius 2 is 2.00 bits per heavy atom. The first-order chi connectivity index (χ1) is 11.3. The minimum Gasteiger partial charge on any atom is -0.478 e. The number of methoxy groups -OCH3 is 1. The molecule has 0 amide bonds. The second kappa shape index (κ2) is 7.34. The van der Waals surface area contributed by atoms with Gasteiger partial charge in [0.05, 0.1) is 7.11 Å². The van der Waals surface area contributed by atoms with E-state index in [0.717, 1.165) is 41.0 Å². The molecular weight excluding hydrogens is 306 g/mol. The van der Waals surface area contributed by atoms with Crippen LogP contribution < -0.4 is 4.74 Å². The molecule has 132 valence electrons. The fraction of sp³-hybridized carbons (Fsp3) is 0.579. The molecule has 0 radical (unpaired) electrons. The molecule has 24 heavy (non-hydrogen) atoms. The Balaban J connectivity index is 2.36. The number of esters is 1. The molecule has 0 saturated carbocycles. The first kappa shape index (κ1) is 18.5. The van der Waals surface area contributed by atoms with Crippen LogP contribution in [0.4, 0.5) is 0 Å². The van der Waals surface area contributed by atoms with Gasteiger partial charge in [-0.25, -0.2) is 4.79 Å². The van der Waals surface area contributed by atoms with Gasteiger partial charge in [0.2, 0.25) is 0 Å². The van der Waals surface area contributed by atoms with E-state index < -0.39 is 6.10 Å². The lowest BCUT2D eigenvalue weighted by Crippen LogP contribution is -2.28. The van der Waals surface area contributed by atoms with E-state index in [9.17, 15) is 9.59 Å². The van der Waals surface area contributed by atoms with E-state index in [2.05, 4.69) is 0 Å². The highest BCUT2D eigenvalue weighted by Crippen LogP contribution is 2.37. The number of rotatable bonds is 6. The zero-order valence-corrected chi connectivity index (χ0v) is 15.4. The van der Waals surface area contributed by atoms with E-state index in [-0.39, 0.29) is 17.7 Å². The number of fused-ring (bicyclic) bond motifs is 1. The van der Waals surface area contributed by atoms with Crippen LogP contribution >= 0.6 is 0 Å². The van der Waals surface area contributed by atoms with Gasteiger partial charge in [0.25, 0.3) is 0 Å². The van der Waals surface area contributed by atoms with Crippen LogP contribution in [-0.2, 0) is 16.0 Å². The summed E-state index contributed by atoms with van der Waals surface area (Å²) in [6.45, 7) is 6.65. The molecule has 5 nitrogen and oxygen atoms in total. The van der Waals surface area contributed by atoms with E-state index in [1.165, 1.54) is 7.11 Å². The van der Waals surface area contributed by atoms with Crippen LogP contribution in [0.15, 0.2) is 6.07 Å². The SMILES string of the molecule is CCC(CN(C)C)C(=O)c1cc2c(c(C)c1C)OC(C(=O)OC)C2. The Bertz CT molecular complexity index is 651. The lowest BCUT2D eigenvalue weighted by molar-refractivity contribution is -0.147. The van der Waals surface area contributed by atoms with Crippen LogP contribution in [0, 0.1) is 19.8 Å². The highest BCUT2D eigenvalue weighted by Gasteiger charge is 2.33. The molecule has 1 aromatic rings. The van der Waals surface area contributed by atoms with E-state index >= 15 is 0 Å². The minimum atomic E-state index is -0.614. The average Bonchev–Trinajstić information content (AvgIpc) is 2.98. The van der Waals surface area contributed by atoms with Crippen molar-refractivity contribution in [3.05, 3.63) is 28.3 Å². The lowest BCUT2D eigenvalue weighted by atomic mass is 9.88. The standard InChI is InChI=1S/C19H27NO4/c1-7-13(10-20(4)5)17(21)15-8-14-9-16(19(22)23-6)24-18(14)12(3)11(15)2/h8,13,16H,7,9-10H2,1-6H3. The molecule has 5 heteroatoms. The normalized spacial score (nSPS) is 17.4. The average molecular weight is 333 g/mol. The third-order valence-corrected chi connectivity index (χ3v) is 4.76. The molecule has 1 aliphatic rings. The molecule has 0 aliphatic carbocycles. The Kier molecular flexibility index (Phi) is 5.65. The highest BCUT2D eigenvalue weighted by atomic mass is 16.6. The Morgan fingerprint density at radius 1 is 1.33 bits per heavy atom. The third-order valence-electron chi connectivity index (χ3n) is 4.76. The molecule has 2 unspecified atom stereocenters. The molecule has 0 N–H and O–H groups in total. The van der Waals surface area contributed by atoms with Crippen molar-refractivity contribution >= 4 is 11.8 Å². The maximum Gasteiger partial charge on any atom is 0.347 e. The van der Waals surface area contributed by atoms with Crippen LogP contribution in [0.3, 0.4) is 0 Å². The number of hydrogen-bond acceptors (Lipinski definition) is 5. The number of carbonyl (C=O) groups excluding carboxylic acids is 2. The molecule has 2 rings (SSSR count). The van der Waals surface area contributed by atoms with E-state index in [1.807, 2.05) is 45.8 Å². The molecule has 0 saturated heterocycles. The molecule has 1 aliphatic heterocycles. The summed E-state index contributed by atoms with van der Waals surface area (Å²) in [7, 11) is 5.31. The van der Waals surface area contributed by atoms with Crippen LogP contribution in [0.5, 0.6) is 5.75 Å². The first-order valence-electron chi connectivity index (χ1n) is 8.36. The minimum absolute atomic E-state index is 0.0325. The van der Waals surface area contributed by atoms with Gasteiger partial charge >= 0.3 is 5.97 Å². The van der Waals surface area contributed by atoms with Crippen molar-refractivity contribution in [3.8, 4) is 5.75 Å². The molecule has 0 bridgehead atoms. The Labute approximate surface area is 143 Å². The number of nitrogens with zero attached hydrogens (tertiary/aromatic N) is 1. The highest BCUT2D eigenvalue weighted by molar-refractivity contribution is 6.00. The number of ketones is 1. The third kappa shape index (κ3) is 3.46. The topological polar surface area (TPSA) is 55.8 Å². The van der Waals surface area contributed by atoms with E-state index in [4.69, 9.17) is 9.47 Å². The second-order valence-corrected chi connectivity index (χ2v) is 6.73. The molecule has 0 aromatic heterocycles. The summed E-state index contributed by atoms with van der Waals surface area (Å²) in [6, 6.07) is 1.90. The summed E-state index contributed by atoms with van der Waals surface area (Å²) in [5.74, 6) is 0.473. The summed E-state index contributed by atoms with van der Waals surface area (Å²) in [5, 5.41) is 0. The first-order valence-corrected chi connectivity index (χ1v) is 8.36. The van der Waals surface area contributed by atoms with Crippen molar-refractivity contribution in [2.45, 2.75) is 39.7 Å². The molecule has 1 aromatic carbocycles. The van der Waals surface area contributed by atoms with Crippen LogP contribution in [-0.4, -0.2) is 50.5 Å². The van der Waals surface area contributed by atoms with E-state index in [1.54, 1.807) is 0 Å². The van der Waals surface area contributed by atoms with Crippen molar-refractivity contribution in [2.24, 2.45) is 5.92 Å². The van der Waals surface area contributed by atoms with Crippen LogP contribution in [0.25, 0.3) is 0 Å². The zero-order valence-electron chi connectivity index (χ0n) is 15.4. The summed E-state index contributed by atoms with van der Waals surface area (Å²) in [4.78, 5) is 26.8. The van der Waals surface area contributed by atoms with Crippen LogP contribution in [0.1, 0.15) is 40.4 Å². The quantitative estimate of drug-likeness (QED) is 0.591. The maximum atomic E-state index is 13.0. The predicted molar refractivity (Wildman–Crippen MR) is 92.7 cm³/mol. The number of carbonyl (C=O) groups is 2. The summed E-state index contributed by atoms with van der Waals surface area (Å²) >= 11 is 0. The molecule has 1 heterocycles. The number of ether oxygens (including phenoxy) is 2. The van der Waals surface area contributed by atoms with Gasteiger partial charge in [-0.05, 0) is 57.1 Å². The van der Waals surface area contributed by atoms with Gasteiger partial charge < -0.3 is 14.4 Å². The Morgan fingerprint density at radius 3 is 2.54 bits per heavy atom. The summed E-state index contributed by atoms with van der Waals surface area (Å²) in [6.07, 6.45) is 0.638. The molecule has 0 spiro atoms. The fourth-order valence-electron chi connectivity index (χ4n) is 3.24. The van der Waals surface area contributed by atoms with Gasteiger partial charge in [0.15, 0.2) is 11.9 Å². The predicted octanol–water partition coefficient (Wildman–Crippen LogP) is 2.55. The monoisotopic (exact) mass is 333 g/mol. The number of Topliss-reactive ketones (excluding diaryl/α,β-unsaturated/α-hetero) is 1. The molecule has 2 atom stereocenters. The maximum absolute atomic E-state index is 13.0. The summed E-state index contributed by atoms with van der Waals surface area (Å²) in [5.41, 5.74) is 3.52. The number of benzene rings is 1. The van der Waals surface area contributed by atoms with Crippen molar-refractivity contribution in [3.63, 3.8) is 0 Å². The van der Waals surface area contributed by atoms with Gasteiger partial charge in [0, 0.05) is 24.4 Å². The van der Waals surface area contributed by atoms with Gasteiger partial charge in [-0.3, -0.25) is 4.79 Å². The molecular formula is C19H27NO4. The van der Waals surface area contributed by atoms with Gasteiger partial charge in [-0.15, -0.1) is 0 Å². The van der Waals surface area contributed by atoms with Crippen molar-refractivity contribution in [1.82, 2.24) is 4.90 Å². The van der Waals surface area contributed by atoms with Crippen LogP contribution in [0.2, 0.25) is 0 Å². The molecule has 0 fully saturated rings. The van der Waals surface area contributed by atoms with E-state index in [0.29, 0.717) is 6.42 Å². The van der Waals surface area contributed by atoms with Gasteiger partial charge in [0.1, 0.15) is 5.75 Å². The van der Waals surface area contributed by atoms with Gasteiger partial charge in [-0.2, -0.15) is 0 Å². The second-order valence-electron chi connectivity index (χ2n) is 6.73. The lowest BCUT2D eigenvalue weighted by Gasteiger charge is -2.20. The number of hydrogen-bond donors (Lipinski definition) is 0. The van der Waals surface area contributed by atoms with Crippen molar-refractivity contribution in [1.29, 1.82) is 0 Å². The van der Waals surface area contributed by atoms with Crippen molar-refractivity contribution < 1.29 is 19.1 Å². The largest absolute Gasteiger partial charge is 0.478 e. The fourth-order valence-corrected chi connectivity index (χ4v) is 3.24. The zero-order chi connectivity index (χ0) is 18.0. The van der Waals surface area contributed by atoms with Crippen molar-refractivity contribution in [2.75, 3.05) is 27.7 Å². The Hall–Kier alpha value is -1.88. The van der Waals surface area contributed by atoms with Gasteiger partial charge in [-0.1, -0.05) is 6.92 Å².